The molecule has 0 aliphatic heterocycles. The second-order valence-corrected chi connectivity index (χ2v) is 1.68. The Kier molecular flexibility index (Phi) is 3.14. The monoisotopic (exact) mass is 87.1 g/mol. The Balaban J connectivity index is 2.75. The molecule has 0 bridgehead atoms. The fourth-order valence-corrected chi connectivity index (χ4v) is 0.118. The van der Waals surface area contributed by atoms with E-state index in [0.717, 1.165) is 6.42 Å². The molecule has 0 unspecified atom stereocenters. The molecule has 0 N–H and O–H groups in total. The van der Waals surface area contributed by atoms with Gasteiger partial charge in [-0.25, -0.2) is 5.11 Å². The van der Waals surface area contributed by atoms with E-state index in [1.165, 1.54) is 0 Å². The third kappa shape index (κ3) is 2.21. The molecule has 1 radical (unpaired) electrons. The van der Waals surface area contributed by atoms with Gasteiger partial charge in [-0.2, -0.15) is 0 Å². The van der Waals surface area contributed by atoms with Crippen LogP contribution in [0, 0.1) is 5.92 Å². The first-order valence-electron chi connectivity index (χ1n) is 2.39. The molecule has 0 spiro atoms. The lowest BCUT2D eigenvalue weighted by atomic mass is 10.1. The van der Waals surface area contributed by atoms with Crippen molar-refractivity contribution in [1.82, 2.24) is 0 Å². The third-order valence-corrected chi connectivity index (χ3v) is 0.981. The van der Waals surface area contributed by atoms with E-state index in [9.17, 15) is 5.11 Å². The van der Waals surface area contributed by atoms with E-state index in [-0.39, 0.29) is 6.61 Å². The van der Waals surface area contributed by atoms with Crippen LogP contribution in [-0.2, 0) is 5.11 Å². The van der Waals surface area contributed by atoms with Crippen molar-refractivity contribution in [3.8, 4) is 0 Å². The summed E-state index contributed by atoms with van der Waals surface area (Å²) in [6, 6.07) is 0. The molecule has 0 amide bonds. The van der Waals surface area contributed by atoms with Crippen molar-refractivity contribution in [3.63, 3.8) is 0 Å². The molecule has 0 aromatic carbocycles. The zero-order valence-corrected chi connectivity index (χ0v) is 4.40. The largest absolute Gasteiger partial charge is 0.236 e. The normalized spacial score (nSPS) is 14.5. The predicted molar refractivity (Wildman–Crippen MR) is 25.0 cm³/mol. The lowest BCUT2D eigenvalue weighted by Crippen LogP contribution is -1.94. The molecule has 0 heterocycles. The zero-order valence-electron chi connectivity index (χ0n) is 4.40. The summed E-state index contributed by atoms with van der Waals surface area (Å²) in [6.45, 7) is 4.08. The van der Waals surface area contributed by atoms with E-state index in [2.05, 4.69) is 0 Å². The summed E-state index contributed by atoms with van der Waals surface area (Å²) in [4.78, 5) is 0. The zero-order chi connectivity index (χ0) is 4.99. The van der Waals surface area contributed by atoms with Crippen molar-refractivity contribution >= 4 is 0 Å². The molecule has 1 nitrogen and oxygen atoms in total. The molecule has 1 atom stereocenters. The molecule has 0 saturated heterocycles. The molecular formula is C5H11O. The lowest BCUT2D eigenvalue weighted by molar-refractivity contribution is 0.149. The van der Waals surface area contributed by atoms with Crippen LogP contribution < -0.4 is 0 Å². The van der Waals surface area contributed by atoms with Gasteiger partial charge in [0.05, 0.1) is 6.61 Å². The van der Waals surface area contributed by atoms with Crippen LogP contribution in [0.5, 0.6) is 0 Å². The summed E-state index contributed by atoms with van der Waals surface area (Å²) < 4.78 is 0. The maximum atomic E-state index is 9.86. The van der Waals surface area contributed by atoms with Crippen molar-refractivity contribution in [1.29, 1.82) is 0 Å². The molecule has 6 heavy (non-hydrogen) atoms. The maximum absolute atomic E-state index is 9.86. The van der Waals surface area contributed by atoms with Gasteiger partial charge in [0.1, 0.15) is 0 Å². The van der Waals surface area contributed by atoms with Gasteiger partial charge >= 0.3 is 0 Å². The van der Waals surface area contributed by atoms with Crippen LogP contribution in [-0.4, -0.2) is 6.61 Å². The second kappa shape index (κ2) is 3.16. The highest BCUT2D eigenvalue weighted by Crippen LogP contribution is 1.95. The number of hydrogen-bond acceptors (Lipinski definition) is 0. The molecule has 1 heteroatoms. The fourth-order valence-electron chi connectivity index (χ4n) is 0.118. The van der Waals surface area contributed by atoms with E-state index in [1.54, 1.807) is 0 Å². The van der Waals surface area contributed by atoms with Gasteiger partial charge in [-0.15, -0.1) is 0 Å². The van der Waals surface area contributed by atoms with E-state index >= 15 is 0 Å². The Morgan fingerprint density at radius 3 is 2.17 bits per heavy atom. The summed E-state index contributed by atoms with van der Waals surface area (Å²) in [5, 5.41) is 9.86. The fraction of sp³-hybridized carbons (Fsp3) is 1.00. The minimum absolute atomic E-state index is 0.0799. The second-order valence-electron chi connectivity index (χ2n) is 1.68. The minimum Gasteiger partial charge on any atom is -0.236 e. The summed E-state index contributed by atoms with van der Waals surface area (Å²) in [6.07, 6.45) is 1.02. The van der Waals surface area contributed by atoms with Crippen LogP contribution in [0.15, 0.2) is 0 Å². The number of hydrogen-bond donors (Lipinski definition) is 0. The van der Waals surface area contributed by atoms with Gasteiger partial charge in [-0.1, -0.05) is 20.3 Å². The standard InChI is InChI=1S/C5H11O/c1-3-5(2)4-6/h5H,3-4H2,1-2H3/t5-/m0/s1. The molecular weight excluding hydrogens is 76.1 g/mol. The van der Waals surface area contributed by atoms with E-state index in [0.29, 0.717) is 5.92 Å². The van der Waals surface area contributed by atoms with Crippen LogP contribution in [0.25, 0.3) is 0 Å². The minimum atomic E-state index is 0.0799. The lowest BCUT2D eigenvalue weighted by Gasteiger charge is -1.96. The van der Waals surface area contributed by atoms with Crippen molar-refractivity contribution in [3.05, 3.63) is 0 Å². The molecule has 0 fully saturated rings. The molecule has 0 aliphatic rings. The van der Waals surface area contributed by atoms with E-state index < -0.39 is 0 Å². The topological polar surface area (TPSA) is 19.9 Å². The molecule has 37 valence electrons. The number of rotatable bonds is 2. The van der Waals surface area contributed by atoms with Gasteiger partial charge in [0.15, 0.2) is 0 Å². The molecule has 0 rings (SSSR count). The van der Waals surface area contributed by atoms with Crippen LogP contribution in [0.1, 0.15) is 20.3 Å². The molecule has 0 aromatic heterocycles. The highest BCUT2D eigenvalue weighted by molar-refractivity contribution is 4.41. The maximum Gasteiger partial charge on any atom is 0.0847 e. The van der Waals surface area contributed by atoms with Crippen LogP contribution in [0.4, 0.5) is 0 Å². The molecule has 0 saturated carbocycles. The summed E-state index contributed by atoms with van der Waals surface area (Å²) >= 11 is 0. The quantitative estimate of drug-likeness (QED) is 0.486. The first-order chi connectivity index (χ1) is 2.81. The van der Waals surface area contributed by atoms with Gasteiger partial charge in [0.2, 0.25) is 0 Å². The Morgan fingerprint density at radius 2 is 2.17 bits per heavy atom. The third-order valence-electron chi connectivity index (χ3n) is 0.981. The first-order valence-corrected chi connectivity index (χ1v) is 2.39. The Hall–Kier alpha value is -0.0400. The summed E-state index contributed by atoms with van der Waals surface area (Å²) in [5.74, 6) is 0.380. The Morgan fingerprint density at radius 1 is 1.67 bits per heavy atom. The van der Waals surface area contributed by atoms with Crippen molar-refractivity contribution in [2.24, 2.45) is 5.92 Å². The molecule has 0 aromatic rings. The summed E-state index contributed by atoms with van der Waals surface area (Å²) in [5.41, 5.74) is 0. The van der Waals surface area contributed by atoms with Gasteiger partial charge in [-0.05, 0) is 5.92 Å². The van der Waals surface area contributed by atoms with Crippen molar-refractivity contribution in [2.75, 3.05) is 6.61 Å². The van der Waals surface area contributed by atoms with Crippen LogP contribution in [0.2, 0.25) is 0 Å². The van der Waals surface area contributed by atoms with Crippen molar-refractivity contribution in [2.45, 2.75) is 20.3 Å². The van der Waals surface area contributed by atoms with Crippen LogP contribution >= 0.6 is 0 Å². The Labute approximate surface area is 39.0 Å². The Bertz CT molecular complexity index is 23.1. The predicted octanol–water partition coefficient (Wildman–Crippen LogP) is 1.46. The van der Waals surface area contributed by atoms with Crippen molar-refractivity contribution < 1.29 is 5.11 Å². The van der Waals surface area contributed by atoms with Crippen LogP contribution in [0.3, 0.4) is 0 Å². The van der Waals surface area contributed by atoms with Gasteiger partial charge in [0.25, 0.3) is 0 Å². The summed E-state index contributed by atoms with van der Waals surface area (Å²) in [7, 11) is 0. The SMILES string of the molecule is CC[C@H](C)C[O]. The highest BCUT2D eigenvalue weighted by Gasteiger charge is 1.91. The average Bonchev–Trinajstić information content (AvgIpc) is 1.65. The highest BCUT2D eigenvalue weighted by atomic mass is 16.3. The average molecular weight is 87.1 g/mol. The smallest absolute Gasteiger partial charge is 0.0847 e. The van der Waals surface area contributed by atoms with Gasteiger partial charge in [0, 0.05) is 0 Å². The van der Waals surface area contributed by atoms with Gasteiger partial charge < -0.3 is 0 Å². The van der Waals surface area contributed by atoms with E-state index in [1.807, 2.05) is 13.8 Å². The van der Waals surface area contributed by atoms with E-state index in [4.69, 9.17) is 0 Å². The molecule has 0 aliphatic carbocycles. The first kappa shape index (κ1) is 5.96. The van der Waals surface area contributed by atoms with Gasteiger partial charge in [-0.3, -0.25) is 0 Å².